The van der Waals surface area contributed by atoms with Crippen LogP contribution in [0.25, 0.3) is 0 Å². The van der Waals surface area contributed by atoms with E-state index in [0.717, 1.165) is 51.4 Å². The summed E-state index contributed by atoms with van der Waals surface area (Å²) in [5.74, 6) is 0.971. The lowest BCUT2D eigenvalue weighted by Crippen LogP contribution is -2.53. The van der Waals surface area contributed by atoms with Gasteiger partial charge >= 0.3 is 5.97 Å². The number of aromatic hydroxyl groups is 2. The Morgan fingerprint density at radius 2 is 1.67 bits per heavy atom. The predicted octanol–water partition coefficient (Wildman–Crippen LogP) is 11.2. The van der Waals surface area contributed by atoms with Gasteiger partial charge in [0.15, 0.2) is 0 Å². The van der Waals surface area contributed by atoms with E-state index in [0.29, 0.717) is 60.4 Å². The van der Waals surface area contributed by atoms with Gasteiger partial charge in [-0.3, -0.25) is 4.79 Å². The average Bonchev–Trinajstić information content (AvgIpc) is 3.44. The molecule has 320 valence electrons. The Morgan fingerprint density at radius 3 is 2.38 bits per heavy atom. The first-order valence-corrected chi connectivity index (χ1v) is 22.1. The summed E-state index contributed by atoms with van der Waals surface area (Å²) in [5, 5.41) is 43.1. The number of Topliss-reactive ketones (excluding diaryl/α,β-unsaturated/α-hetero) is 1. The maximum absolute atomic E-state index is 13.5. The highest BCUT2D eigenvalue weighted by Crippen LogP contribution is 2.71. The van der Waals surface area contributed by atoms with Gasteiger partial charge in [-0.2, -0.15) is 0 Å². The molecule has 7 nitrogen and oxygen atoms in total. The zero-order chi connectivity index (χ0) is 42.8. The smallest absolute Gasteiger partial charge is 0.333 e. The molecule has 4 aliphatic carbocycles. The van der Waals surface area contributed by atoms with Crippen LogP contribution >= 0.6 is 0 Å². The van der Waals surface area contributed by atoms with E-state index in [1.54, 1.807) is 6.08 Å². The van der Waals surface area contributed by atoms with Crippen molar-refractivity contribution in [2.75, 3.05) is 6.61 Å². The number of esters is 1. The second-order valence-electron chi connectivity index (χ2n) is 20.3. The number of ether oxygens (including phenoxy) is 1. The summed E-state index contributed by atoms with van der Waals surface area (Å²) in [5.41, 5.74) is 4.59. The first kappa shape index (κ1) is 45.7. The Hall–Kier alpha value is -3.42. The van der Waals surface area contributed by atoms with Crippen LogP contribution in [0.1, 0.15) is 152 Å². The summed E-state index contributed by atoms with van der Waals surface area (Å²) in [6.45, 7) is 21.4. The number of hydrogen-bond donors (Lipinski definition) is 4. The summed E-state index contributed by atoms with van der Waals surface area (Å²) >= 11 is 0. The standard InChI is InChI=1S/C51H74O7/c1-33(2)13-11-14-34(3)15-12-16-36(18-19-37-31-38(52)20-22-42(37)53)46(56)58-32-51(10,57)45(55)24-17-35(4)39-25-29-50(9)41-21-23-43-47(5,6)44(54)27-28-48(43,7)40(41)26-30-49(39,50)8/h13,15,18,20-22,26,31,35,39,43,45,52-53,55,57H,11-12,14,16-17,19,23-25,27-30,32H2,1-10H3/b34-15?,36-18+/t35-,39-,43+,45+,48-,49-,50+,51-/m1/s1. The molecule has 0 bridgehead atoms. The fourth-order valence-corrected chi connectivity index (χ4v) is 11.5. The third-order valence-corrected chi connectivity index (χ3v) is 15.7. The Kier molecular flexibility index (Phi) is 13.9. The van der Waals surface area contributed by atoms with Crippen molar-refractivity contribution < 1.29 is 34.8 Å². The number of phenolic OH excluding ortho intramolecular Hbond substituents is 2. The molecule has 8 atom stereocenters. The fourth-order valence-electron chi connectivity index (χ4n) is 11.5. The van der Waals surface area contributed by atoms with Crippen molar-refractivity contribution in [3.8, 4) is 11.5 Å². The number of benzene rings is 1. The van der Waals surface area contributed by atoms with Crippen LogP contribution < -0.4 is 0 Å². The number of carbonyl (C=O) groups is 2. The van der Waals surface area contributed by atoms with Crippen molar-refractivity contribution in [2.45, 2.75) is 164 Å². The topological polar surface area (TPSA) is 124 Å². The maximum atomic E-state index is 13.5. The van der Waals surface area contributed by atoms with Crippen LogP contribution in [0.5, 0.6) is 11.5 Å². The van der Waals surface area contributed by atoms with E-state index in [1.807, 2.05) is 0 Å². The van der Waals surface area contributed by atoms with E-state index < -0.39 is 17.7 Å². The zero-order valence-electron chi connectivity index (χ0n) is 37.3. The van der Waals surface area contributed by atoms with Gasteiger partial charge in [0.05, 0.1) is 6.10 Å². The number of hydrogen-bond acceptors (Lipinski definition) is 7. The van der Waals surface area contributed by atoms with Crippen LogP contribution in [-0.2, 0) is 20.7 Å². The molecule has 4 aliphatic rings. The molecule has 0 amide bonds. The van der Waals surface area contributed by atoms with Gasteiger partial charge in [-0.1, -0.05) is 83.1 Å². The quantitative estimate of drug-likeness (QED) is 0.0568. The molecule has 0 aromatic heterocycles. The highest BCUT2D eigenvalue weighted by molar-refractivity contribution is 5.88. The van der Waals surface area contributed by atoms with Gasteiger partial charge in [-0.05, 0) is 168 Å². The normalized spacial score (nSPS) is 30.2. The molecule has 58 heavy (non-hydrogen) atoms. The molecule has 0 aliphatic heterocycles. The lowest BCUT2D eigenvalue weighted by molar-refractivity contribution is -0.155. The lowest BCUT2D eigenvalue weighted by Gasteiger charge is -2.59. The Morgan fingerprint density at radius 1 is 0.966 bits per heavy atom. The van der Waals surface area contributed by atoms with Gasteiger partial charge in [0.1, 0.15) is 29.5 Å². The summed E-state index contributed by atoms with van der Waals surface area (Å²) < 4.78 is 5.71. The molecule has 7 heteroatoms. The average molecular weight is 799 g/mol. The maximum Gasteiger partial charge on any atom is 0.333 e. The number of allylic oxidation sites excluding steroid dienone is 9. The van der Waals surface area contributed by atoms with E-state index in [1.165, 1.54) is 47.4 Å². The molecule has 0 unspecified atom stereocenters. The minimum Gasteiger partial charge on any atom is -0.508 e. The molecular weight excluding hydrogens is 725 g/mol. The van der Waals surface area contributed by atoms with Crippen LogP contribution in [0.3, 0.4) is 0 Å². The fraction of sp³-hybridized carbons (Fsp3) is 0.647. The molecule has 5 rings (SSSR count). The number of phenols is 2. The largest absolute Gasteiger partial charge is 0.508 e. The van der Waals surface area contributed by atoms with Crippen molar-refractivity contribution in [3.63, 3.8) is 0 Å². The van der Waals surface area contributed by atoms with E-state index >= 15 is 0 Å². The van der Waals surface area contributed by atoms with E-state index in [4.69, 9.17) is 4.74 Å². The third kappa shape index (κ3) is 9.16. The number of rotatable bonds is 16. The molecule has 4 N–H and O–H groups in total. The molecule has 1 aromatic carbocycles. The molecule has 0 spiro atoms. The number of aliphatic hydroxyl groups is 2. The second kappa shape index (κ2) is 17.7. The molecular formula is C51H74O7. The Balaban J connectivity index is 1.21. The van der Waals surface area contributed by atoms with Gasteiger partial charge in [-0.15, -0.1) is 0 Å². The van der Waals surface area contributed by atoms with E-state index in [-0.39, 0.29) is 46.2 Å². The van der Waals surface area contributed by atoms with Gasteiger partial charge < -0.3 is 25.2 Å². The van der Waals surface area contributed by atoms with Gasteiger partial charge in [0, 0.05) is 23.0 Å². The van der Waals surface area contributed by atoms with E-state index in [9.17, 15) is 30.0 Å². The molecule has 0 heterocycles. The van der Waals surface area contributed by atoms with Crippen molar-refractivity contribution >= 4 is 11.8 Å². The first-order chi connectivity index (χ1) is 27.1. The highest BCUT2D eigenvalue weighted by atomic mass is 16.5. The number of fused-ring (bicyclic) bond motifs is 5. The third-order valence-electron chi connectivity index (χ3n) is 15.7. The number of aliphatic hydroxyl groups excluding tert-OH is 1. The summed E-state index contributed by atoms with van der Waals surface area (Å²) in [7, 11) is 0. The predicted molar refractivity (Wildman–Crippen MR) is 233 cm³/mol. The van der Waals surface area contributed by atoms with Crippen LogP contribution in [0.2, 0.25) is 0 Å². The number of carbonyl (C=O) groups excluding carboxylic acids is 2. The first-order valence-electron chi connectivity index (χ1n) is 22.1. The van der Waals surface area contributed by atoms with Crippen molar-refractivity contribution in [1.29, 1.82) is 0 Å². The molecule has 1 aromatic rings. The van der Waals surface area contributed by atoms with Gasteiger partial charge in [0.25, 0.3) is 0 Å². The highest BCUT2D eigenvalue weighted by Gasteiger charge is 2.63. The molecule has 2 fully saturated rings. The van der Waals surface area contributed by atoms with Gasteiger partial charge in [-0.25, -0.2) is 4.79 Å². The van der Waals surface area contributed by atoms with Crippen LogP contribution in [0, 0.1) is 39.4 Å². The second-order valence-corrected chi connectivity index (χ2v) is 20.3. The Labute approximate surface area is 349 Å². The Bertz CT molecular complexity index is 1850. The van der Waals surface area contributed by atoms with E-state index in [2.05, 4.69) is 86.6 Å². The van der Waals surface area contributed by atoms with Crippen LogP contribution in [0.4, 0.5) is 0 Å². The minimum atomic E-state index is -1.64. The van der Waals surface area contributed by atoms with Crippen molar-refractivity contribution in [2.24, 2.45) is 39.4 Å². The van der Waals surface area contributed by atoms with Gasteiger partial charge in [0.2, 0.25) is 0 Å². The number of ketones is 1. The minimum absolute atomic E-state index is 0.0153. The summed E-state index contributed by atoms with van der Waals surface area (Å²) in [6, 6.07) is 4.31. The molecule has 0 radical (unpaired) electrons. The van der Waals surface area contributed by atoms with Crippen LogP contribution in [0.15, 0.2) is 76.4 Å². The van der Waals surface area contributed by atoms with Crippen molar-refractivity contribution in [3.05, 3.63) is 82.0 Å². The lowest BCUT2D eigenvalue weighted by atomic mass is 9.44. The summed E-state index contributed by atoms with van der Waals surface area (Å²) in [4.78, 5) is 26.6. The molecule has 2 saturated carbocycles. The zero-order valence-corrected chi connectivity index (χ0v) is 37.3. The SMILES string of the molecule is CC(C)=CCCC(C)=CCC/C(=C\Cc1cc(O)ccc1O)C(=O)OC[C@@](C)(O)[C@@H](O)CC[C@@H](C)[C@H]1CC[C@@]2(C)C3=CC[C@H]4C(C)(C)C(=O)CC[C@]4(C)C3=CC[C@]12C. The monoisotopic (exact) mass is 799 g/mol. The summed E-state index contributed by atoms with van der Waals surface area (Å²) in [6.07, 6.45) is 20.0. The van der Waals surface area contributed by atoms with Crippen molar-refractivity contribution in [1.82, 2.24) is 0 Å². The molecule has 0 saturated heterocycles. The van der Waals surface area contributed by atoms with Crippen LogP contribution in [-0.4, -0.2) is 50.5 Å².